The molecular weight excluding hydrogens is 412 g/mol. The van der Waals surface area contributed by atoms with Gasteiger partial charge in [-0.05, 0) is 48.9 Å². The second-order valence-electron chi connectivity index (χ2n) is 7.00. The van der Waals surface area contributed by atoms with Gasteiger partial charge in [-0.1, -0.05) is 29.8 Å². The molecule has 2 aromatic heterocycles. The van der Waals surface area contributed by atoms with Crippen molar-refractivity contribution in [1.82, 2.24) is 10.3 Å². The van der Waals surface area contributed by atoms with Crippen molar-refractivity contribution < 1.29 is 9.53 Å². The maximum Gasteiger partial charge on any atom is 0.263 e. The Kier molecular flexibility index (Phi) is 5.83. The summed E-state index contributed by atoms with van der Waals surface area (Å²) in [5.74, 6) is -0.0642. The Morgan fingerprint density at radius 3 is 2.82 bits per heavy atom. The molecule has 3 heterocycles. The molecule has 0 atom stereocenters. The summed E-state index contributed by atoms with van der Waals surface area (Å²) in [5, 5.41) is 6.80. The number of carbonyl (C=O) groups is 1. The van der Waals surface area contributed by atoms with Gasteiger partial charge in [0.15, 0.2) is 0 Å². The van der Waals surface area contributed by atoms with E-state index in [2.05, 4.69) is 16.4 Å². The fourth-order valence-electron chi connectivity index (χ4n) is 3.59. The highest BCUT2D eigenvalue weighted by Gasteiger charge is 2.35. The van der Waals surface area contributed by atoms with Gasteiger partial charge in [0.2, 0.25) is 0 Å². The Morgan fingerprint density at radius 2 is 2.11 bits per heavy atom. The van der Waals surface area contributed by atoms with Gasteiger partial charge in [0, 0.05) is 30.2 Å². The van der Waals surface area contributed by atoms with Gasteiger partial charge in [0.05, 0.1) is 10.6 Å². The van der Waals surface area contributed by atoms with Gasteiger partial charge >= 0.3 is 0 Å². The van der Waals surface area contributed by atoms with Crippen LogP contribution in [0.4, 0.5) is 0 Å². The van der Waals surface area contributed by atoms with Gasteiger partial charge in [-0.25, -0.2) is 4.98 Å². The number of hydrogen-bond donors (Lipinski definition) is 1. The average molecular weight is 433 g/mol. The molecule has 0 spiro atoms. The van der Waals surface area contributed by atoms with Crippen LogP contribution >= 0.6 is 34.3 Å². The van der Waals surface area contributed by atoms with Crippen molar-refractivity contribution in [3.63, 3.8) is 0 Å². The summed E-state index contributed by atoms with van der Waals surface area (Å²) >= 11 is 9.32. The zero-order chi connectivity index (χ0) is 19.6. The first kappa shape index (κ1) is 19.6. The van der Waals surface area contributed by atoms with Crippen LogP contribution in [0.5, 0.6) is 0 Å². The molecule has 1 saturated heterocycles. The molecule has 0 radical (unpaired) electrons. The molecule has 1 amide bonds. The Morgan fingerprint density at radius 1 is 1.29 bits per heavy atom. The first-order valence-corrected chi connectivity index (χ1v) is 11.3. The second kappa shape index (κ2) is 8.33. The van der Waals surface area contributed by atoms with E-state index >= 15 is 0 Å². The predicted molar refractivity (Wildman–Crippen MR) is 116 cm³/mol. The lowest BCUT2D eigenvalue weighted by atomic mass is 9.74. The number of carbonyl (C=O) groups excluding carboxylic acids is 1. The van der Waals surface area contributed by atoms with E-state index in [9.17, 15) is 4.79 Å². The summed E-state index contributed by atoms with van der Waals surface area (Å²) in [6, 6.07) is 12.0. The van der Waals surface area contributed by atoms with Gasteiger partial charge < -0.3 is 10.1 Å². The maximum absolute atomic E-state index is 12.9. The van der Waals surface area contributed by atoms with Crippen molar-refractivity contribution in [2.24, 2.45) is 0 Å². The highest BCUT2D eigenvalue weighted by atomic mass is 35.5. The molecule has 28 heavy (non-hydrogen) atoms. The molecule has 1 N–H and O–H groups in total. The quantitative estimate of drug-likeness (QED) is 0.594. The molecule has 0 unspecified atom stereocenters. The normalized spacial score (nSPS) is 16.1. The lowest BCUT2D eigenvalue weighted by Crippen LogP contribution is -2.44. The molecule has 4 rings (SSSR count). The number of nitrogens with one attached hydrogen (secondary N) is 1. The summed E-state index contributed by atoms with van der Waals surface area (Å²) in [5.41, 5.74) is 1.77. The zero-order valence-corrected chi connectivity index (χ0v) is 17.9. The topological polar surface area (TPSA) is 51.2 Å². The summed E-state index contributed by atoms with van der Waals surface area (Å²) < 4.78 is 5.58. The molecule has 146 valence electrons. The zero-order valence-electron chi connectivity index (χ0n) is 15.5. The molecule has 0 bridgehead atoms. The van der Waals surface area contributed by atoms with Gasteiger partial charge in [-0.3, -0.25) is 4.79 Å². The number of hydrogen-bond acceptors (Lipinski definition) is 5. The number of halogens is 1. The molecule has 1 aromatic carbocycles. The highest BCUT2D eigenvalue weighted by Crippen LogP contribution is 2.36. The summed E-state index contributed by atoms with van der Waals surface area (Å²) in [6.07, 6.45) is 1.71. The van der Waals surface area contributed by atoms with E-state index in [1.165, 1.54) is 11.3 Å². The highest BCUT2D eigenvalue weighted by molar-refractivity contribution is 7.22. The fraction of sp³-hybridized carbons (Fsp3) is 0.333. The predicted octanol–water partition coefficient (Wildman–Crippen LogP) is 5.31. The first-order chi connectivity index (χ1) is 13.6. The third-order valence-electron chi connectivity index (χ3n) is 5.21. The summed E-state index contributed by atoms with van der Waals surface area (Å²) in [7, 11) is 0. The number of ether oxygens (including phenoxy) is 1. The van der Waals surface area contributed by atoms with Crippen molar-refractivity contribution in [2.45, 2.75) is 25.2 Å². The number of aromatic nitrogens is 1. The molecular formula is C21H21ClN2O2S2. The van der Waals surface area contributed by atoms with Gasteiger partial charge in [0.1, 0.15) is 9.88 Å². The average Bonchev–Trinajstić information content (AvgIpc) is 3.36. The SMILES string of the molecule is Cc1nc(-c2cccs2)sc1C(=O)NCC1(c2cccc(Cl)c2)CCOCC1. The molecule has 1 fully saturated rings. The molecule has 1 aliphatic rings. The van der Waals surface area contributed by atoms with Crippen LogP contribution in [0.15, 0.2) is 41.8 Å². The number of rotatable bonds is 5. The van der Waals surface area contributed by atoms with Crippen molar-refractivity contribution in [3.8, 4) is 9.88 Å². The molecule has 0 saturated carbocycles. The minimum absolute atomic E-state index is 0.0642. The Bertz CT molecular complexity index is 963. The van der Waals surface area contributed by atoms with E-state index in [1.807, 2.05) is 42.6 Å². The third kappa shape index (κ3) is 4.01. The van der Waals surface area contributed by atoms with Gasteiger partial charge in [-0.2, -0.15) is 0 Å². The first-order valence-electron chi connectivity index (χ1n) is 9.21. The Labute approximate surface area is 177 Å². The summed E-state index contributed by atoms with van der Waals surface area (Å²) in [4.78, 5) is 19.3. The van der Waals surface area contributed by atoms with Crippen molar-refractivity contribution >= 4 is 40.2 Å². The van der Waals surface area contributed by atoms with E-state index in [0.29, 0.717) is 29.7 Å². The molecule has 7 heteroatoms. The van der Waals surface area contributed by atoms with Crippen LogP contribution in [-0.4, -0.2) is 30.6 Å². The number of benzene rings is 1. The fourth-order valence-corrected chi connectivity index (χ4v) is 5.56. The Balaban J connectivity index is 1.54. The third-order valence-corrected chi connectivity index (χ3v) is 7.64. The van der Waals surface area contributed by atoms with E-state index in [4.69, 9.17) is 16.3 Å². The van der Waals surface area contributed by atoms with Crippen molar-refractivity contribution in [1.29, 1.82) is 0 Å². The van der Waals surface area contributed by atoms with Crippen LogP contribution in [0.1, 0.15) is 33.8 Å². The standard InChI is InChI=1S/C21H21ClN2O2S2/c1-14-18(28-20(24-14)17-6-3-11-27-17)19(25)23-13-21(7-9-26-10-8-21)15-4-2-5-16(22)12-15/h2-6,11-12H,7-10,13H2,1H3,(H,23,25). The van der Waals surface area contributed by atoms with Crippen LogP contribution in [0.25, 0.3) is 9.88 Å². The lowest BCUT2D eigenvalue weighted by molar-refractivity contribution is 0.0487. The lowest BCUT2D eigenvalue weighted by Gasteiger charge is -2.38. The minimum atomic E-state index is -0.159. The van der Waals surface area contributed by atoms with Gasteiger partial charge in [0.25, 0.3) is 5.91 Å². The number of thiazole rings is 1. The number of nitrogens with zero attached hydrogens (tertiary/aromatic N) is 1. The second-order valence-corrected chi connectivity index (χ2v) is 9.38. The van der Waals surface area contributed by atoms with Crippen molar-refractivity contribution in [2.75, 3.05) is 19.8 Å². The minimum Gasteiger partial charge on any atom is -0.381 e. The van der Waals surface area contributed by atoms with E-state index in [1.54, 1.807) is 11.3 Å². The molecule has 4 nitrogen and oxygen atoms in total. The summed E-state index contributed by atoms with van der Waals surface area (Å²) in [6.45, 7) is 3.82. The molecule has 1 aliphatic heterocycles. The van der Waals surface area contributed by atoms with Crippen LogP contribution in [0, 0.1) is 6.92 Å². The van der Waals surface area contributed by atoms with Gasteiger partial charge in [-0.15, -0.1) is 22.7 Å². The largest absolute Gasteiger partial charge is 0.381 e. The van der Waals surface area contributed by atoms with Crippen LogP contribution < -0.4 is 5.32 Å². The molecule has 3 aromatic rings. The van der Waals surface area contributed by atoms with E-state index in [-0.39, 0.29) is 11.3 Å². The van der Waals surface area contributed by atoms with Crippen LogP contribution in [-0.2, 0) is 10.2 Å². The number of aryl methyl sites for hydroxylation is 1. The number of thiophene rings is 1. The van der Waals surface area contributed by atoms with E-state index < -0.39 is 0 Å². The monoisotopic (exact) mass is 432 g/mol. The van der Waals surface area contributed by atoms with E-state index in [0.717, 1.165) is 34.0 Å². The number of amides is 1. The maximum atomic E-state index is 12.9. The molecule has 0 aliphatic carbocycles. The van der Waals surface area contributed by atoms with Crippen LogP contribution in [0.2, 0.25) is 5.02 Å². The Hall–Kier alpha value is -1.73. The smallest absolute Gasteiger partial charge is 0.263 e. The van der Waals surface area contributed by atoms with Crippen LogP contribution in [0.3, 0.4) is 0 Å². The van der Waals surface area contributed by atoms with Crippen molar-refractivity contribution in [3.05, 3.63) is 62.9 Å².